The van der Waals surface area contributed by atoms with Crippen LogP contribution in [0.15, 0.2) is 38.7 Å². The molecule has 7 nitrogen and oxygen atoms in total. The van der Waals surface area contributed by atoms with E-state index >= 15 is 0 Å². The van der Waals surface area contributed by atoms with Crippen molar-refractivity contribution in [1.82, 2.24) is 20.2 Å². The van der Waals surface area contributed by atoms with Crippen molar-refractivity contribution >= 4 is 22.8 Å². The number of rotatable bonds is 4. The molecule has 0 aliphatic heterocycles. The molecule has 0 aliphatic carbocycles. The fraction of sp³-hybridized carbons (Fsp3) is 0.167. The summed E-state index contributed by atoms with van der Waals surface area (Å²) in [6.07, 6.45) is 0. The first-order valence-electron chi connectivity index (χ1n) is 5.89. The van der Waals surface area contributed by atoms with E-state index in [1.807, 2.05) is 24.3 Å². The summed E-state index contributed by atoms with van der Waals surface area (Å²) < 4.78 is 5.26. The third-order valence-electron chi connectivity index (χ3n) is 2.63. The number of para-hydroxylation sites is 2. The average Bonchev–Trinajstić information content (AvgIpc) is 2.93. The molecule has 2 heterocycles. The number of hydrogen-bond donors (Lipinski definition) is 2. The van der Waals surface area contributed by atoms with Gasteiger partial charge in [-0.25, -0.2) is 4.98 Å². The summed E-state index contributed by atoms with van der Waals surface area (Å²) in [4.78, 5) is 19.0. The zero-order chi connectivity index (χ0) is 13.9. The lowest BCUT2D eigenvalue weighted by Gasteiger charge is -2.00. The third kappa shape index (κ3) is 2.56. The molecule has 0 radical (unpaired) electrons. The van der Waals surface area contributed by atoms with Gasteiger partial charge in [0.1, 0.15) is 5.69 Å². The van der Waals surface area contributed by atoms with Gasteiger partial charge in [-0.3, -0.25) is 4.79 Å². The van der Waals surface area contributed by atoms with Crippen molar-refractivity contribution in [3.05, 3.63) is 46.2 Å². The monoisotopic (exact) mass is 289 g/mol. The predicted octanol–water partition coefficient (Wildman–Crippen LogP) is 1.06. The van der Waals surface area contributed by atoms with Crippen LogP contribution in [0.4, 0.5) is 0 Å². The fourth-order valence-corrected chi connectivity index (χ4v) is 2.38. The molecule has 3 aromatic rings. The van der Waals surface area contributed by atoms with Crippen molar-refractivity contribution in [2.75, 3.05) is 0 Å². The summed E-state index contributed by atoms with van der Waals surface area (Å²) >= 11 is 1.25. The Bertz CT molecular complexity index is 798. The first-order chi connectivity index (χ1) is 9.76. The average molecular weight is 289 g/mol. The molecule has 0 bridgehead atoms. The number of aromatic amines is 1. The summed E-state index contributed by atoms with van der Waals surface area (Å²) in [6.45, 7) is 0.197. The van der Waals surface area contributed by atoms with Crippen molar-refractivity contribution in [3.63, 3.8) is 0 Å². The summed E-state index contributed by atoms with van der Waals surface area (Å²) in [6, 6.07) is 7.38. The molecule has 0 saturated heterocycles. The van der Waals surface area contributed by atoms with Crippen molar-refractivity contribution in [3.8, 4) is 0 Å². The molecular formula is C12H11N5O2S. The van der Waals surface area contributed by atoms with Crippen molar-refractivity contribution < 1.29 is 4.42 Å². The van der Waals surface area contributed by atoms with Crippen LogP contribution in [0.25, 0.3) is 11.0 Å². The number of fused-ring (bicyclic) bond motifs is 1. The van der Waals surface area contributed by atoms with Crippen LogP contribution in [0, 0.1) is 0 Å². The van der Waals surface area contributed by atoms with E-state index in [4.69, 9.17) is 10.2 Å². The fourth-order valence-electron chi connectivity index (χ4n) is 1.67. The summed E-state index contributed by atoms with van der Waals surface area (Å²) in [5.41, 5.74) is 7.05. The molecule has 0 saturated carbocycles. The molecule has 102 valence electrons. The lowest BCUT2D eigenvalue weighted by atomic mass is 10.3. The predicted molar refractivity (Wildman–Crippen MR) is 74.1 cm³/mol. The lowest BCUT2D eigenvalue weighted by molar-refractivity contribution is 0.414. The molecule has 0 atom stereocenters. The highest BCUT2D eigenvalue weighted by Gasteiger charge is 2.09. The maximum absolute atomic E-state index is 11.9. The SMILES string of the molecule is NCc1nnc(SCc2nc3ccccc3[nH]c2=O)o1. The largest absolute Gasteiger partial charge is 0.415 e. The minimum Gasteiger partial charge on any atom is -0.415 e. The van der Waals surface area contributed by atoms with Gasteiger partial charge in [-0.15, -0.1) is 10.2 Å². The highest BCUT2D eigenvalue weighted by Crippen LogP contribution is 2.19. The minimum atomic E-state index is -0.213. The number of hydrogen-bond acceptors (Lipinski definition) is 7. The summed E-state index contributed by atoms with van der Waals surface area (Å²) in [5.74, 6) is 0.722. The highest BCUT2D eigenvalue weighted by atomic mass is 32.2. The van der Waals surface area contributed by atoms with E-state index in [2.05, 4.69) is 20.2 Å². The number of H-pyrrole nitrogens is 1. The van der Waals surface area contributed by atoms with Gasteiger partial charge >= 0.3 is 0 Å². The Morgan fingerprint density at radius 1 is 1.30 bits per heavy atom. The van der Waals surface area contributed by atoms with E-state index in [9.17, 15) is 4.79 Å². The van der Waals surface area contributed by atoms with E-state index in [-0.39, 0.29) is 12.1 Å². The Kier molecular flexibility index (Phi) is 3.48. The molecule has 0 fully saturated rings. The molecule has 20 heavy (non-hydrogen) atoms. The molecule has 2 aromatic heterocycles. The molecule has 3 rings (SSSR count). The Morgan fingerprint density at radius 3 is 2.95 bits per heavy atom. The molecule has 0 amide bonds. The number of nitrogens with zero attached hydrogens (tertiary/aromatic N) is 3. The Hall–Kier alpha value is -2.19. The van der Waals surface area contributed by atoms with Crippen LogP contribution in [-0.2, 0) is 12.3 Å². The van der Waals surface area contributed by atoms with Crippen LogP contribution >= 0.6 is 11.8 Å². The standard InChI is InChI=1S/C12H11N5O2S/c13-5-10-16-17-12(19-10)20-6-9-11(18)15-8-4-2-1-3-7(8)14-9/h1-4H,5-6,13H2,(H,15,18). The van der Waals surface area contributed by atoms with Gasteiger partial charge in [0.25, 0.3) is 10.8 Å². The van der Waals surface area contributed by atoms with E-state index < -0.39 is 0 Å². The molecule has 0 spiro atoms. The lowest BCUT2D eigenvalue weighted by Crippen LogP contribution is -2.14. The highest BCUT2D eigenvalue weighted by molar-refractivity contribution is 7.98. The van der Waals surface area contributed by atoms with E-state index in [0.29, 0.717) is 22.6 Å². The van der Waals surface area contributed by atoms with Crippen LogP contribution in [0.1, 0.15) is 11.6 Å². The Morgan fingerprint density at radius 2 is 2.15 bits per heavy atom. The minimum absolute atomic E-state index is 0.197. The quantitative estimate of drug-likeness (QED) is 0.691. The van der Waals surface area contributed by atoms with Crippen molar-refractivity contribution in [1.29, 1.82) is 0 Å². The second kappa shape index (κ2) is 5.43. The summed E-state index contributed by atoms with van der Waals surface area (Å²) in [5, 5.41) is 7.95. The normalized spacial score (nSPS) is 11.1. The van der Waals surface area contributed by atoms with Crippen LogP contribution in [-0.4, -0.2) is 20.2 Å². The van der Waals surface area contributed by atoms with Crippen molar-refractivity contribution in [2.45, 2.75) is 17.5 Å². The number of thioether (sulfide) groups is 1. The van der Waals surface area contributed by atoms with Crippen LogP contribution in [0.2, 0.25) is 0 Å². The first-order valence-corrected chi connectivity index (χ1v) is 6.88. The Balaban J connectivity index is 1.83. The zero-order valence-corrected chi connectivity index (χ0v) is 11.2. The molecular weight excluding hydrogens is 278 g/mol. The number of nitrogens with one attached hydrogen (secondary N) is 1. The van der Waals surface area contributed by atoms with Crippen LogP contribution < -0.4 is 11.3 Å². The van der Waals surface area contributed by atoms with Gasteiger partial charge in [-0.05, 0) is 12.1 Å². The van der Waals surface area contributed by atoms with Crippen molar-refractivity contribution in [2.24, 2.45) is 5.73 Å². The van der Waals surface area contributed by atoms with Gasteiger partial charge < -0.3 is 15.1 Å². The number of aromatic nitrogens is 4. The first kappa shape index (κ1) is 12.8. The Labute approximate surface area is 117 Å². The van der Waals surface area contributed by atoms with Gasteiger partial charge in [0.05, 0.1) is 23.3 Å². The molecule has 1 aromatic carbocycles. The smallest absolute Gasteiger partial charge is 0.277 e. The number of benzene rings is 1. The zero-order valence-electron chi connectivity index (χ0n) is 10.4. The van der Waals surface area contributed by atoms with E-state index in [0.717, 1.165) is 11.0 Å². The summed E-state index contributed by atoms with van der Waals surface area (Å²) in [7, 11) is 0. The van der Waals surface area contributed by atoms with E-state index in [1.54, 1.807) is 0 Å². The second-order valence-electron chi connectivity index (χ2n) is 3.98. The van der Waals surface area contributed by atoms with Gasteiger partial charge in [-0.1, -0.05) is 23.9 Å². The van der Waals surface area contributed by atoms with Gasteiger partial charge in [-0.2, -0.15) is 0 Å². The number of nitrogens with two attached hydrogens (primary N) is 1. The molecule has 0 unspecified atom stereocenters. The maximum Gasteiger partial charge on any atom is 0.277 e. The van der Waals surface area contributed by atoms with E-state index in [1.165, 1.54) is 11.8 Å². The topological polar surface area (TPSA) is 111 Å². The molecule has 8 heteroatoms. The van der Waals surface area contributed by atoms with Crippen LogP contribution in [0.3, 0.4) is 0 Å². The third-order valence-corrected chi connectivity index (χ3v) is 3.45. The van der Waals surface area contributed by atoms with Gasteiger partial charge in [0, 0.05) is 0 Å². The van der Waals surface area contributed by atoms with Gasteiger partial charge in [0.2, 0.25) is 5.89 Å². The molecule has 0 aliphatic rings. The maximum atomic E-state index is 11.9. The second-order valence-corrected chi connectivity index (χ2v) is 4.91. The van der Waals surface area contributed by atoms with Gasteiger partial charge in [0.15, 0.2) is 0 Å². The molecule has 3 N–H and O–H groups in total. The van der Waals surface area contributed by atoms with Crippen LogP contribution in [0.5, 0.6) is 0 Å².